The van der Waals surface area contributed by atoms with Crippen LogP contribution in [0.5, 0.6) is 0 Å². The summed E-state index contributed by atoms with van der Waals surface area (Å²) in [7, 11) is 0. The molecule has 94 valence electrons. The van der Waals surface area contributed by atoms with Crippen LogP contribution in [0.15, 0.2) is 24.5 Å². The van der Waals surface area contributed by atoms with Gasteiger partial charge in [0.2, 0.25) is 0 Å². The lowest BCUT2D eigenvalue weighted by atomic mass is 10.1. The molecule has 5 heteroatoms. The molecule has 0 fully saturated rings. The van der Waals surface area contributed by atoms with Gasteiger partial charge in [0.15, 0.2) is 0 Å². The van der Waals surface area contributed by atoms with Crippen LogP contribution in [0.2, 0.25) is 0 Å². The van der Waals surface area contributed by atoms with Crippen molar-refractivity contribution in [2.75, 3.05) is 0 Å². The first-order valence-electron chi connectivity index (χ1n) is 5.75. The van der Waals surface area contributed by atoms with Gasteiger partial charge < -0.3 is 5.11 Å². The summed E-state index contributed by atoms with van der Waals surface area (Å²) in [6, 6.07) is 5.03. The van der Waals surface area contributed by atoms with Crippen LogP contribution in [0.3, 0.4) is 0 Å². The lowest BCUT2D eigenvalue weighted by Gasteiger charge is -2.12. The van der Waals surface area contributed by atoms with Crippen LogP contribution >= 0.6 is 0 Å². The summed E-state index contributed by atoms with van der Waals surface area (Å²) in [4.78, 5) is 10.9. The van der Waals surface area contributed by atoms with E-state index in [2.05, 4.69) is 10.2 Å². The van der Waals surface area contributed by atoms with Crippen molar-refractivity contribution in [2.45, 2.75) is 26.7 Å². The van der Waals surface area contributed by atoms with Gasteiger partial charge >= 0.3 is 5.97 Å². The Hall–Kier alpha value is -2.17. The van der Waals surface area contributed by atoms with Gasteiger partial charge in [0.1, 0.15) is 12.2 Å². The molecule has 1 aromatic carbocycles. The van der Waals surface area contributed by atoms with Crippen LogP contribution in [0, 0.1) is 6.92 Å². The molecule has 0 unspecified atom stereocenters. The number of rotatable bonds is 3. The minimum absolute atomic E-state index is 0.256. The molecule has 1 N–H and O–H groups in total. The van der Waals surface area contributed by atoms with Crippen LogP contribution in [0.25, 0.3) is 5.69 Å². The van der Waals surface area contributed by atoms with Gasteiger partial charge in [0, 0.05) is 5.92 Å². The summed E-state index contributed by atoms with van der Waals surface area (Å²) in [6.07, 6.45) is 1.65. The van der Waals surface area contributed by atoms with Gasteiger partial charge in [-0.15, -0.1) is 10.2 Å². The number of hydrogen-bond donors (Lipinski definition) is 1. The molecule has 18 heavy (non-hydrogen) atoms. The van der Waals surface area contributed by atoms with Crippen molar-refractivity contribution in [1.82, 2.24) is 14.8 Å². The van der Waals surface area contributed by atoms with Crippen molar-refractivity contribution in [3.05, 3.63) is 41.5 Å². The number of hydrogen-bond acceptors (Lipinski definition) is 3. The first-order valence-corrected chi connectivity index (χ1v) is 5.75. The molecule has 0 aliphatic heterocycles. The molecule has 0 amide bonds. The molecule has 0 spiro atoms. The number of benzene rings is 1. The first-order chi connectivity index (χ1) is 8.50. The number of nitrogens with zero attached hydrogens (tertiary/aromatic N) is 3. The maximum absolute atomic E-state index is 10.9. The molecule has 0 bridgehead atoms. The Morgan fingerprint density at radius 1 is 1.39 bits per heavy atom. The molecule has 0 atom stereocenters. The van der Waals surface area contributed by atoms with E-state index in [1.165, 1.54) is 0 Å². The number of aromatic nitrogens is 3. The minimum Gasteiger partial charge on any atom is -0.478 e. The van der Waals surface area contributed by atoms with Crippen molar-refractivity contribution in [3.63, 3.8) is 0 Å². The monoisotopic (exact) mass is 245 g/mol. The second-order valence-electron chi connectivity index (χ2n) is 4.52. The highest BCUT2D eigenvalue weighted by molar-refractivity contribution is 5.88. The van der Waals surface area contributed by atoms with Gasteiger partial charge in [-0.3, -0.25) is 4.57 Å². The third-order valence-corrected chi connectivity index (χ3v) is 2.79. The van der Waals surface area contributed by atoms with E-state index in [1.807, 2.05) is 25.3 Å². The average molecular weight is 245 g/mol. The van der Waals surface area contributed by atoms with Crippen LogP contribution in [0.4, 0.5) is 0 Å². The maximum atomic E-state index is 10.9. The highest BCUT2D eigenvalue weighted by Gasteiger charge is 2.13. The number of carbonyl (C=O) groups is 1. The lowest BCUT2D eigenvalue weighted by Crippen LogP contribution is -2.05. The quantitative estimate of drug-likeness (QED) is 0.901. The summed E-state index contributed by atoms with van der Waals surface area (Å²) >= 11 is 0. The van der Waals surface area contributed by atoms with Crippen molar-refractivity contribution in [2.24, 2.45) is 0 Å². The van der Waals surface area contributed by atoms with E-state index in [0.717, 1.165) is 17.1 Å². The standard InChI is InChI=1S/C13H15N3O2/c1-8(2)12-15-14-7-16(12)11-5-4-10(13(17)18)6-9(11)3/h4-8H,1-3H3,(H,17,18). The van der Waals surface area contributed by atoms with Crippen LogP contribution < -0.4 is 0 Å². The fourth-order valence-electron chi connectivity index (χ4n) is 1.88. The molecule has 0 saturated heterocycles. The van der Waals surface area contributed by atoms with E-state index >= 15 is 0 Å². The van der Waals surface area contributed by atoms with E-state index in [4.69, 9.17) is 5.11 Å². The molecule has 2 aromatic rings. The topological polar surface area (TPSA) is 68.0 Å². The minimum atomic E-state index is -0.919. The molecule has 0 radical (unpaired) electrons. The molecule has 0 saturated carbocycles. The summed E-state index contributed by atoms with van der Waals surface area (Å²) in [5, 5.41) is 16.9. The Labute approximate surface area is 105 Å². The molecule has 2 rings (SSSR count). The Morgan fingerprint density at radius 2 is 2.11 bits per heavy atom. The van der Waals surface area contributed by atoms with E-state index in [1.54, 1.807) is 24.5 Å². The normalized spacial score (nSPS) is 10.9. The Morgan fingerprint density at radius 3 is 2.67 bits per heavy atom. The van der Waals surface area contributed by atoms with Crippen molar-refractivity contribution >= 4 is 5.97 Å². The van der Waals surface area contributed by atoms with Gasteiger partial charge in [-0.1, -0.05) is 13.8 Å². The fourth-order valence-corrected chi connectivity index (χ4v) is 1.88. The fraction of sp³-hybridized carbons (Fsp3) is 0.308. The highest BCUT2D eigenvalue weighted by Crippen LogP contribution is 2.20. The zero-order valence-corrected chi connectivity index (χ0v) is 10.6. The smallest absolute Gasteiger partial charge is 0.335 e. The Bertz CT molecular complexity index is 588. The summed E-state index contributed by atoms with van der Waals surface area (Å²) in [6.45, 7) is 5.97. The zero-order valence-electron chi connectivity index (χ0n) is 10.6. The maximum Gasteiger partial charge on any atom is 0.335 e. The van der Waals surface area contributed by atoms with Crippen molar-refractivity contribution < 1.29 is 9.90 Å². The van der Waals surface area contributed by atoms with Gasteiger partial charge in [-0.05, 0) is 30.7 Å². The second-order valence-corrected chi connectivity index (χ2v) is 4.52. The van der Waals surface area contributed by atoms with Gasteiger partial charge in [-0.2, -0.15) is 0 Å². The number of aromatic carboxylic acids is 1. The number of carboxylic acids is 1. The molecule has 0 aliphatic rings. The summed E-state index contributed by atoms with van der Waals surface area (Å²) in [5.41, 5.74) is 2.08. The molecular formula is C13H15N3O2. The van der Waals surface area contributed by atoms with E-state index in [0.29, 0.717) is 0 Å². The molecular weight excluding hydrogens is 230 g/mol. The predicted octanol–water partition coefficient (Wildman–Crippen LogP) is 2.40. The third-order valence-electron chi connectivity index (χ3n) is 2.79. The van der Waals surface area contributed by atoms with E-state index < -0.39 is 5.97 Å². The van der Waals surface area contributed by atoms with E-state index in [-0.39, 0.29) is 11.5 Å². The SMILES string of the molecule is Cc1cc(C(=O)O)ccc1-n1cnnc1C(C)C. The second kappa shape index (κ2) is 4.60. The van der Waals surface area contributed by atoms with Crippen LogP contribution in [-0.2, 0) is 0 Å². The number of aryl methyl sites for hydroxylation is 1. The van der Waals surface area contributed by atoms with Crippen molar-refractivity contribution in [3.8, 4) is 5.69 Å². The van der Waals surface area contributed by atoms with Gasteiger partial charge in [0.05, 0.1) is 11.3 Å². The average Bonchev–Trinajstić information content (AvgIpc) is 2.77. The Kier molecular flexibility index (Phi) is 3.14. The van der Waals surface area contributed by atoms with Crippen LogP contribution in [0.1, 0.15) is 41.5 Å². The predicted molar refractivity (Wildman–Crippen MR) is 67.1 cm³/mol. The third kappa shape index (κ3) is 2.11. The first kappa shape index (κ1) is 12.3. The van der Waals surface area contributed by atoms with Crippen molar-refractivity contribution in [1.29, 1.82) is 0 Å². The van der Waals surface area contributed by atoms with Crippen LogP contribution in [-0.4, -0.2) is 25.8 Å². The zero-order chi connectivity index (χ0) is 13.3. The molecule has 1 aromatic heterocycles. The summed E-state index contributed by atoms with van der Waals surface area (Å²) in [5.74, 6) is 0.199. The largest absolute Gasteiger partial charge is 0.478 e. The number of carboxylic acid groups (broad SMARTS) is 1. The molecule has 1 heterocycles. The highest BCUT2D eigenvalue weighted by atomic mass is 16.4. The van der Waals surface area contributed by atoms with Gasteiger partial charge in [-0.25, -0.2) is 4.79 Å². The molecule has 5 nitrogen and oxygen atoms in total. The summed E-state index contributed by atoms with van der Waals surface area (Å²) < 4.78 is 1.89. The van der Waals surface area contributed by atoms with E-state index in [9.17, 15) is 4.79 Å². The Balaban J connectivity index is 2.51. The lowest BCUT2D eigenvalue weighted by molar-refractivity contribution is 0.0697. The molecule has 0 aliphatic carbocycles. The van der Waals surface area contributed by atoms with Gasteiger partial charge in [0.25, 0.3) is 0 Å².